The zero-order chi connectivity index (χ0) is 17.5. The minimum Gasteiger partial charge on any atom is -0.325 e. The number of carbonyl (C=O) groups is 1. The monoisotopic (exact) mass is 338 g/mol. The molecule has 0 saturated carbocycles. The number of nitrogens with zero attached hydrogens (tertiary/aromatic N) is 3. The molecular weight excluding hydrogens is 312 g/mol. The first-order chi connectivity index (χ1) is 12.2. The molecule has 2 aromatic rings. The van der Waals surface area contributed by atoms with Gasteiger partial charge < -0.3 is 5.32 Å². The number of benzene rings is 1. The SMILES string of the molecule is CCc1ccc(NC(=O)CN2CCN(Cc3cccnc3)CC2)cc1. The van der Waals surface area contributed by atoms with Crippen molar-refractivity contribution in [2.45, 2.75) is 19.9 Å². The molecule has 1 aromatic carbocycles. The van der Waals surface area contributed by atoms with Crippen molar-refractivity contribution in [1.29, 1.82) is 0 Å². The van der Waals surface area contributed by atoms with Crippen LogP contribution < -0.4 is 5.32 Å². The summed E-state index contributed by atoms with van der Waals surface area (Å²) in [4.78, 5) is 21.0. The molecule has 1 amide bonds. The van der Waals surface area contributed by atoms with Gasteiger partial charge in [-0.3, -0.25) is 19.6 Å². The molecule has 0 unspecified atom stereocenters. The summed E-state index contributed by atoms with van der Waals surface area (Å²) < 4.78 is 0. The number of piperazine rings is 1. The molecule has 1 saturated heterocycles. The van der Waals surface area contributed by atoms with Gasteiger partial charge in [0.25, 0.3) is 0 Å². The third kappa shape index (κ3) is 5.37. The molecule has 5 heteroatoms. The first-order valence-electron chi connectivity index (χ1n) is 8.95. The van der Waals surface area contributed by atoms with E-state index in [0.717, 1.165) is 44.8 Å². The van der Waals surface area contributed by atoms with E-state index in [0.29, 0.717) is 6.54 Å². The van der Waals surface area contributed by atoms with Crippen molar-refractivity contribution in [3.8, 4) is 0 Å². The van der Waals surface area contributed by atoms with Crippen LogP contribution in [0.25, 0.3) is 0 Å². The van der Waals surface area contributed by atoms with E-state index >= 15 is 0 Å². The minimum absolute atomic E-state index is 0.0601. The highest BCUT2D eigenvalue weighted by molar-refractivity contribution is 5.92. The lowest BCUT2D eigenvalue weighted by atomic mass is 10.1. The number of amides is 1. The number of aryl methyl sites for hydroxylation is 1. The Kier molecular flexibility index (Phi) is 6.14. The number of hydrogen-bond donors (Lipinski definition) is 1. The molecule has 132 valence electrons. The summed E-state index contributed by atoms with van der Waals surface area (Å²) in [5, 5.41) is 2.99. The van der Waals surface area contributed by atoms with E-state index in [1.807, 2.05) is 24.4 Å². The molecular formula is C20H26N4O. The second-order valence-corrected chi connectivity index (χ2v) is 6.51. The van der Waals surface area contributed by atoms with Crippen molar-refractivity contribution in [3.05, 3.63) is 59.9 Å². The smallest absolute Gasteiger partial charge is 0.238 e. The maximum absolute atomic E-state index is 12.2. The van der Waals surface area contributed by atoms with E-state index in [1.165, 1.54) is 11.1 Å². The number of anilines is 1. The predicted octanol–water partition coefficient (Wildman–Crippen LogP) is 2.40. The molecule has 1 aliphatic rings. The van der Waals surface area contributed by atoms with Crippen LogP contribution in [0.3, 0.4) is 0 Å². The van der Waals surface area contributed by atoms with Gasteiger partial charge in [-0.1, -0.05) is 25.1 Å². The molecule has 0 spiro atoms. The fraction of sp³-hybridized carbons (Fsp3) is 0.400. The van der Waals surface area contributed by atoms with Crippen LogP contribution in [-0.2, 0) is 17.8 Å². The highest BCUT2D eigenvalue weighted by Crippen LogP contribution is 2.11. The summed E-state index contributed by atoms with van der Waals surface area (Å²) in [5.74, 6) is 0.0601. The lowest BCUT2D eigenvalue weighted by Gasteiger charge is -2.34. The maximum Gasteiger partial charge on any atom is 0.238 e. The average molecular weight is 338 g/mol. The first kappa shape index (κ1) is 17.6. The Morgan fingerprint density at radius 2 is 1.76 bits per heavy atom. The lowest BCUT2D eigenvalue weighted by Crippen LogP contribution is -2.48. The molecule has 5 nitrogen and oxygen atoms in total. The Bertz CT molecular complexity index is 664. The van der Waals surface area contributed by atoms with Crippen LogP contribution in [0.1, 0.15) is 18.1 Å². The highest BCUT2D eigenvalue weighted by Gasteiger charge is 2.19. The Balaban J connectivity index is 1.41. The summed E-state index contributed by atoms with van der Waals surface area (Å²) in [6, 6.07) is 12.2. The number of aromatic nitrogens is 1. The summed E-state index contributed by atoms with van der Waals surface area (Å²) >= 11 is 0. The summed E-state index contributed by atoms with van der Waals surface area (Å²) in [6.45, 7) is 7.31. The molecule has 0 aliphatic carbocycles. The Labute approximate surface area is 149 Å². The van der Waals surface area contributed by atoms with Crippen LogP contribution in [0.4, 0.5) is 5.69 Å². The van der Waals surface area contributed by atoms with Crippen molar-refractivity contribution < 1.29 is 4.79 Å². The van der Waals surface area contributed by atoms with Crippen LogP contribution >= 0.6 is 0 Å². The fourth-order valence-electron chi connectivity index (χ4n) is 3.08. The van der Waals surface area contributed by atoms with Gasteiger partial charge in [0, 0.05) is 50.8 Å². The molecule has 1 aromatic heterocycles. The molecule has 1 fully saturated rings. The van der Waals surface area contributed by atoms with Gasteiger partial charge in [-0.15, -0.1) is 0 Å². The number of rotatable bonds is 6. The number of nitrogens with one attached hydrogen (secondary N) is 1. The van der Waals surface area contributed by atoms with Crippen LogP contribution in [0.5, 0.6) is 0 Å². The van der Waals surface area contributed by atoms with Gasteiger partial charge in [0.1, 0.15) is 0 Å². The number of hydrogen-bond acceptors (Lipinski definition) is 4. The Morgan fingerprint density at radius 1 is 1.04 bits per heavy atom. The fourth-order valence-corrected chi connectivity index (χ4v) is 3.08. The molecule has 1 N–H and O–H groups in total. The average Bonchev–Trinajstić information content (AvgIpc) is 2.65. The van der Waals surface area contributed by atoms with E-state index in [4.69, 9.17) is 0 Å². The second kappa shape index (κ2) is 8.74. The summed E-state index contributed by atoms with van der Waals surface area (Å²) in [7, 11) is 0. The van der Waals surface area contributed by atoms with E-state index in [1.54, 1.807) is 6.20 Å². The van der Waals surface area contributed by atoms with E-state index < -0.39 is 0 Å². The van der Waals surface area contributed by atoms with Crippen LogP contribution in [0.2, 0.25) is 0 Å². The van der Waals surface area contributed by atoms with Crippen LogP contribution in [0.15, 0.2) is 48.8 Å². The Morgan fingerprint density at radius 3 is 2.40 bits per heavy atom. The van der Waals surface area contributed by atoms with Gasteiger partial charge >= 0.3 is 0 Å². The quantitative estimate of drug-likeness (QED) is 0.879. The van der Waals surface area contributed by atoms with Crippen molar-refractivity contribution in [1.82, 2.24) is 14.8 Å². The standard InChI is InChI=1S/C20H26N4O/c1-2-17-5-7-19(8-6-17)22-20(25)16-24-12-10-23(11-13-24)15-18-4-3-9-21-14-18/h3-9,14H,2,10-13,15-16H2,1H3,(H,22,25). The highest BCUT2D eigenvalue weighted by atomic mass is 16.2. The van der Waals surface area contributed by atoms with Crippen LogP contribution in [0, 0.1) is 0 Å². The van der Waals surface area contributed by atoms with Gasteiger partial charge in [0.2, 0.25) is 5.91 Å². The number of carbonyl (C=O) groups excluding carboxylic acids is 1. The molecule has 0 radical (unpaired) electrons. The van der Waals surface area contributed by atoms with Gasteiger partial charge in [-0.25, -0.2) is 0 Å². The summed E-state index contributed by atoms with van der Waals surface area (Å²) in [5.41, 5.74) is 3.39. The molecule has 0 atom stereocenters. The van der Waals surface area contributed by atoms with Crippen molar-refractivity contribution >= 4 is 11.6 Å². The van der Waals surface area contributed by atoms with E-state index in [2.05, 4.69) is 45.2 Å². The zero-order valence-electron chi connectivity index (χ0n) is 14.8. The van der Waals surface area contributed by atoms with Gasteiger partial charge in [-0.2, -0.15) is 0 Å². The van der Waals surface area contributed by atoms with Crippen molar-refractivity contribution in [2.24, 2.45) is 0 Å². The van der Waals surface area contributed by atoms with Crippen LogP contribution in [-0.4, -0.2) is 53.4 Å². The van der Waals surface area contributed by atoms with Gasteiger partial charge in [0.15, 0.2) is 0 Å². The normalized spacial score (nSPS) is 15.9. The zero-order valence-corrected chi connectivity index (χ0v) is 14.8. The first-order valence-corrected chi connectivity index (χ1v) is 8.95. The maximum atomic E-state index is 12.2. The molecule has 0 bridgehead atoms. The third-order valence-electron chi connectivity index (χ3n) is 4.61. The van der Waals surface area contributed by atoms with Crippen molar-refractivity contribution in [3.63, 3.8) is 0 Å². The predicted molar refractivity (Wildman–Crippen MR) is 100 cm³/mol. The largest absolute Gasteiger partial charge is 0.325 e. The molecule has 25 heavy (non-hydrogen) atoms. The summed E-state index contributed by atoms with van der Waals surface area (Å²) in [6.07, 6.45) is 4.73. The van der Waals surface area contributed by atoms with Crippen molar-refractivity contribution in [2.75, 3.05) is 38.0 Å². The third-order valence-corrected chi connectivity index (χ3v) is 4.61. The molecule has 3 rings (SSSR count). The number of pyridine rings is 1. The topological polar surface area (TPSA) is 48.5 Å². The van der Waals surface area contributed by atoms with Gasteiger partial charge in [-0.05, 0) is 35.7 Å². The van der Waals surface area contributed by atoms with E-state index in [-0.39, 0.29) is 5.91 Å². The lowest BCUT2D eigenvalue weighted by molar-refractivity contribution is -0.117. The Hall–Kier alpha value is -2.24. The van der Waals surface area contributed by atoms with Gasteiger partial charge in [0.05, 0.1) is 6.54 Å². The minimum atomic E-state index is 0.0601. The molecule has 2 heterocycles. The van der Waals surface area contributed by atoms with E-state index in [9.17, 15) is 4.79 Å². The second-order valence-electron chi connectivity index (χ2n) is 6.51. The molecule has 1 aliphatic heterocycles.